The van der Waals surface area contributed by atoms with Crippen LogP contribution >= 0.6 is 0 Å². The molecule has 35 heavy (non-hydrogen) atoms. The molecule has 0 aliphatic rings. The number of carbonyl (C=O) groups excluding carboxylic acids is 4. The van der Waals surface area contributed by atoms with Crippen molar-refractivity contribution in [3.05, 3.63) is 41.5 Å². The third kappa shape index (κ3) is 11.8. The minimum Gasteiger partial charge on any atom is -0.480 e. The van der Waals surface area contributed by atoms with Crippen LogP contribution in [0.25, 0.3) is 6.08 Å². The standard InChI is InChI=1S/C24H35N5O6/c1-15-6-8-17(9-7-15)10-12-20(30)27-16(2)23(33)29-18(22(26)32)11-13-21(31)28-19(24(34)35)5-3-4-14-25/h6-10,12,16,18-19H,3-5,11,13-14,25H2,1-2H3,(H2,26,32)(H,27,30)(H,28,31)(H,29,33)(H,34,35)/p+1. The molecular formula is C24H36N5O6+. The van der Waals surface area contributed by atoms with Crippen molar-refractivity contribution in [2.45, 2.75) is 64.1 Å². The third-order valence-corrected chi connectivity index (χ3v) is 5.20. The number of carboxylic acids is 1. The molecule has 4 amide bonds. The molecular weight excluding hydrogens is 454 g/mol. The number of benzene rings is 1. The Kier molecular flexibility index (Phi) is 12.7. The van der Waals surface area contributed by atoms with E-state index in [1.54, 1.807) is 6.08 Å². The van der Waals surface area contributed by atoms with Gasteiger partial charge < -0.3 is 32.5 Å². The molecule has 0 heterocycles. The highest BCUT2D eigenvalue weighted by Crippen LogP contribution is 2.05. The van der Waals surface area contributed by atoms with E-state index in [9.17, 15) is 29.1 Å². The zero-order valence-corrected chi connectivity index (χ0v) is 20.2. The SMILES string of the molecule is Cc1ccc(C=CC(=O)NC(C)C(=O)NC(CCC(=O)NC(CCCC[NH3+])C(=O)O)C(N)=O)cc1. The van der Waals surface area contributed by atoms with Crippen molar-refractivity contribution in [2.75, 3.05) is 6.54 Å². The summed E-state index contributed by atoms with van der Waals surface area (Å²) in [7, 11) is 0. The number of primary amides is 1. The Hall–Kier alpha value is -3.73. The van der Waals surface area contributed by atoms with Gasteiger partial charge in [-0.1, -0.05) is 29.8 Å². The number of carbonyl (C=O) groups is 5. The Labute approximate surface area is 204 Å². The summed E-state index contributed by atoms with van der Waals surface area (Å²) < 4.78 is 0. The van der Waals surface area contributed by atoms with Gasteiger partial charge in [-0.05, 0) is 51.2 Å². The summed E-state index contributed by atoms with van der Waals surface area (Å²) in [6.45, 7) is 4.06. The fourth-order valence-corrected chi connectivity index (χ4v) is 3.08. The van der Waals surface area contributed by atoms with Crippen LogP contribution in [0.2, 0.25) is 0 Å². The molecule has 0 saturated carbocycles. The average Bonchev–Trinajstić information content (AvgIpc) is 2.80. The molecule has 0 aliphatic carbocycles. The summed E-state index contributed by atoms with van der Waals surface area (Å²) in [6.07, 6.45) is 4.17. The summed E-state index contributed by atoms with van der Waals surface area (Å²) in [5.74, 6) is -3.72. The van der Waals surface area contributed by atoms with Gasteiger partial charge in [-0.2, -0.15) is 0 Å². The molecule has 0 bridgehead atoms. The molecule has 0 saturated heterocycles. The molecule has 1 rings (SSSR count). The summed E-state index contributed by atoms with van der Waals surface area (Å²) in [6, 6.07) is 4.34. The first-order valence-corrected chi connectivity index (χ1v) is 11.5. The van der Waals surface area contributed by atoms with E-state index in [4.69, 9.17) is 5.73 Å². The number of nitrogens with one attached hydrogen (secondary N) is 3. The summed E-state index contributed by atoms with van der Waals surface area (Å²) in [5, 5.41) is 16.6. The fraction of sp³-hybridized carbons (Fsp3) is 0.458. The molecule has 11 heteroatoms. The van der Waals surface area contributed by atoms with Crippen molar-refractivity contribution in [2.24, 2.45) is 5.73 Å². The second kappa shape index (κ2) is 15.2. The van der Waals surface area contributed by atoms with Crippen molar-refractivity contribution in [3.63, 3.8) is 0 Å². The van der Waals surface area contributed by atoms with Gasteiger partial charge in [-0.15, -0.1) is 0 Å². The predicted octanol–water partition coefficient (Wildman–Crippen LogP) is -0.755. The maximum absolute atomic E-state index is 12.4. The van der Waals surface area contributed by atoms with Gasteiger partial charge in [0.2, 0.25) is 23.6 Å². The lowest BCUT2D eigenvalue weighted by Gasteiger charge is -2.19. The number of nitrogens with two attached hydrogens (primary N) is 1. The number of aryl methyl sites for hydroxylation is 1. The quantitative estimate of drug-likeness (QED) is 0.138. The van der Waals surface area contributed by atoms with E-state index >= 15 is 0 Å². The van der Waals surface area contributed by atoms with Crippen LogP contribution < -0.4 is 27.4 Å². The number of rotatable bonds is 15. The minimum atomic E-state index is -1.16. The summed E-state index contributed by atoms with van der Waals surface area (Å²) in [4.78, 5) is 59.8. The number of quaternary nitrogens is 1. The summed E-state index contributed by atoms with van der Waals surface area (Å²) >= 11 is 0. The molecule has 9 N–H and O–H groups in total. The molecule has 0 spiro atoms. The molecule has 0 aromatic heterocycles. The molecule has 1 aromatic rings. The Morgan fingerprint density at radius 3 is 2.23 bits per heavy atom. The predicted molar refractivity (Wildman–Crippen MR) is 129 cm³/mol. The maximum atomic E-state index is 12.4. The van der Waals surface area contributed by atoms with Crippen LogP contribution in [0.1, 0.15) is 50.2 Å². The summed E-state index contributed by atoms with van der Waals surface area (Å²) in [5.41, 5.74) is 10.9. The van der Waals surface area contributed by atoms with Crippen molar-refractivity contribution in [1.29, 1.82) is 0 Å². The van der Waals surface area contributed by atoms with Crippen molar-refractivity contribution in [3.8, 4) is 0 Å². The van der Waals surface area contributed by atoms with E-state index in [1.807, 2.05) is 31.2 Å². The van der Waals surface area contributed by atoms with Gasteiger partial charge in [-0.3, -0.25) is 19.2 Å². The highest BCUT2D eigenvalue weighted by molar-refractivity contribution is 5.96. The Morgan fingerprint density at radius 2 is 1.66 bits per heavy atom. The van der Waals surface area contributed by atoms with Gasteiger partial charge in [0.25, 0.3) is 0 Å². The molecule has 1 aromatic carbocycles. The Morgan fingerprint density at radius 1 is 1.00 bits per heavy atom. The van der Waals surface area contributed by atoms with Gasteiger partial charge in [0.05, 0.1) is 6.54 Å². The first-order chi connectivity index (χ1) is 16.5. The Bertz CT molecular complexity index is 915. The van der Waals surface area contributed by atoms with Gasteiger partial charge in [0, 0.05) is 12.5 Å². The van der Waals surface area contributed by atoms with Gasteiger partial charge >= 0.3 is 5.97 Å². The molecule has 3 unspecified atom stereocenters. The van der Waals surface area contributed by atoms with E-state index in [2.05, 4.69) is 21.7 Å². The average molecular weight is 491 g/mol. The topological polar surface area (TPSA) is 195 Å². The van der Waals surface area contributed by atoms with Crippen LogP contribution in [0, 0.1) is 6.92 Å². The molecule has 3 atom stereocenters. The van der Waals surface area contributed by atoms with Gasteiger partial charge in [0.15, 0.2) is 0 Å². The zero-order valence-electron chi connectivity index (χ0n) is 20.2. The number of amides is 4. The molecule has 0 fully saturated rings. The van der Waals surface area contributed by atoms with Crippen molar-refractivity contribution >= 4 is 35.7 Å². The van der Waals surface area contributed by atoms with E-state index in [0.717, 1.165) is 17.5 Å². The van der Waals surface area contributed by atoms with Crippen LogP contribution in [0.15, 0.2) is 30.3 Å². The second-order valence-corrected chi connectivity index (χ2v) is 8.28. The highest BCUT2D eigenvalue weighted by atomic mass is 16.4. The highest BCUT2D eigenvalue weighted by Gasteiger charge is 2.24. The third-order valence-electron chi connectivity index (χ3n) is 5.20. The van der Waals surface area contributed by atoms with E-state index < -0.39 is 47.7 Å². The molecule has 11 nitrogen and oxygen atoms in total. The lowest BCUT2D eigenvalue weighted by atomic mass is 10.1. The van der Waals surface area contributed by atoms with Crippen LogP contribution in [-0.4, -0.2) is 59.4 Å². The van der Waals surface area contributed by atoms with Crippen LogP contribution in [0.4, 0.5) is 0 Å². The van der Waals surface area contributed by atoms with Gasteiger partial charge in [-0.25, -0.2) is 4.79 Å². The first kappa shape index (κ1) is 29.3. The monoisotopic (exact) mass is 490 g/mol. The number of hydrogen-bond donors (Lipinski definition) is 6. The maximum Gasteiger partial charge on any atom is 0.326 e. The van der Waals surface area contributed by atoms with E-state index in [1.165, 1.54) is 13.0 Å². The van der Waals surface area contributed by atoms with Crippen molar-refractivity contribution in [1.82, 2.24) is 16.0 Å². The van der Waals surface area contributed by atoms with Crippen LogP contribution in [0.3, 0.4) is 0 Å². The Balaban J connectivity index is 2.56. The van der Waals surface area contributed by atoms with Crippen molar-refractivity contribution < 1.29 is 34.8 Å². The fourth-order valence-electron chi connectivity index (χ4n) is 3.08. The lowest BCUT2D eigenvalue weighted by molar-refractivity contribution is -0.368. The van der Waals surface area contributed by atoms with E-state index in [0.29, 0.717) is 13.0 Å². The minimum absolute atomic E-state index is 0.119. The smallest absolute Gasteiger partial charge is 0.326 e. The normalized spacial score (nSPS) is 13.5. The molecule has 0 aliphatic heterocycles. The van der Waals surface area contributed by atoms with Crippen LogP contribution in [0.5, 0.6) is 0 Å². The number of carboxylic acid groups (broad SMARTS) is 1. The molecule has 192 valence electrons. The number of aliphatic carboxylic acids is 1. The largest absolute Gasteiger partial charge is 0.480 e. The lowest BCUT2D eigenvalue weighted by Crippen LogP contribution is -2.52. The van der Waals surface area contributed by atoms with E-state index in [-0.39, 0.29) is 19.3 Å². The number of unbranched alkanes of at least 4 members (excludes halogenated alkanes) is 1. The first-order valence-electron chi connectivity index (χ1n) is 11.5. The molecule has 0 radical (unpaired) electrons. The number of hydrogen-bond acceptors (Lipinski definition) is 5. The van der Waals surface area contributed by atoms with Gasteiger partial charge in [0.1, 0.15) is 18.1 Å². The van der Waals surface area contributed by atoms with Crippen LogP contribution in [-0.2, 0) is 24.0 Å². The second-order valence-electron chi connectivity index (χ2n) is 8.28. The zero-order chi connectivity index (χ0) is 26.4.